The van der Waals surface area contributed by atoms with Crippen LogP contribution < -0.4 is 0 Å². The third-order valence-corrected chi connectivity index (χ3v) is 7.35. The molecule has 1 aromatic carbocycles. The molecule has 1 fully saturated rings. The minimum Gasteiger partial charge on any atom is -0.318 e. The third kappa shape index (κ3) is 3.62. The number of hydrazone groups is 1. The van der Waals surface area contributed by atoms with E-state index in [-0.39, 0.29) is 17.2 Å². The molecule has 164 valence electrons. The Morgan fingerprint density at radius 2 is 1.88 bits per heavy atom. The first-order chi connectivity index (χ1) is 15.4. The van der Waals surface area contributed by atoms with Crippen LogP contribution in [-0.2, 0) is 4.79 Å². The monoisotopic (exact) mass is 449 g/mol. The number of amides is 1. The van der Waals surface area contributed by atoms with Crippen LogP contribution in [0.3, 0.4) is 0 Å². The van der Waals surface area contributed by atoms with Gasteiger partial charge in [0.1, 0.15) is 10.9 Å². The Balaban J connectivity index is 1.47. The maximum Gasteiger partial charge on any atom is 0.283 e. The molecule has 2 aliphatic heterocycles. The molecule has 0 unspecified atom stereocenters. The van der Waals surface area contributed by atoms with Gasteiger partial charge in [-0.2, -0.15) is 15.1 Å². The van der Waals surface area contributed by atoms with Crippen molar-refractivity contribution in [3.63, 3.8) is 0 Å². The summed E-state index contributed by atoms with van der Waals surface area (Å²) in [5.41, 5.74) is 3.74. The zero-order valence-electron chi connectivity index (χ0n) is 18.1. The number of fused-ring (bicyclic) bond motifs is 1. The Hall–Kier alpha value is -3.00. The van der Waals surface area contributed by atoms with Gasteiger partial charge < -0.3 is 4.57 Å². The standard InChI is InChI=1S/C24H24FN5OS/c1-14-12-17(15(2)29(14)19-10-8-18(25)9-11-19)13-20-21(26)30-24(27-22(20)31)32-23(28-30)16-6-4-3-5-7-16/h8-13,16,26H,3-7H2,1-2H3/b20-13+,26-21?. The predicted molar refractivity (Wildman–Crippen MR) is 127 cm³/mol. The van der Waals surface area contributed by atoms with Gasteiger partial charge in [-0.1, -0.05) is 19.3 Å². The van der Waals surface area contributed by atoms with E-state index < -0.39 is 5.91 Å². The molecular weight excluding hydrogens is 425 g/mol. The maximum atomic E-state index is 13.3. The molecule has 6 nitrogen and oxygen atoms in total. The zero-order chi connectivity index (χ0) is 22.4. The highest BCUT2D eigenvalue weighted by Crippen LogP contribution is 2.36. The van der Waals surface area contributed by atoms with Gasteiger partial charge >= 0.3 is 0 Å². The molecule has 0 bridgehead atoms. The van der Waals surface area contributed by atoms with Crippen LogP contribution in [0.5, 0.6) is 0 Å². The molecule has 1 N–H and O–H groups in total. The summed E-state index contributed by atoms with van der Waals surface area (Å²) in [6.45, 7) is 3.90. The van der Waals surface area contributed by atoms with Crippen LogP contribution in [0, 0.1) is 31.0 Å². The highest BCUT2D eigenvalue weighted by Gasteiger charge is 2.38. The lowest BCUT2D eigenvalue weighted by molar-refractivity contribution is -0.114. The van der Waals surface area contributed by atoms with Gasteiger partial charge in [0.05, 0.1) is 5.57 Å². The number of carbonyl (C=O) groups excluding carboxylic acids is 1. The van der Waals surface area contributed by atoms with Crippen LogP contribution >= 0.6 is 11.8 Å². The van der Waals surface area contributed by atoms with Crippen LogP contribution in [0.1, 0.15) is 49.1 Å². The fourth-order valence-corrected chi connectivity index (χ4v) is 5.66. The summed E-state index contributed by atoms with van der Waals surface area (Å²) in [7, 11) is 0. The average Bonchev–Trinajstić information content (AvgIpc) is 3.33. The van der Waals surface area contributed by atoms with Gasteiger partial charge in [-0.15, -0.1) is 0 Å². The van der Waals surface area contributed by atoms with Crippen LogP contribution in [0.15, 0.2) is 46.0 Å². The second-order valence-corrected chi connectivity index (χ2v) is 9.42. The van der Waals surface area contributed by atoms with Crippen molar-refractivity contribution in [3.8, 4) is 5.69 Å². The van der Waals surface area contributed by atoms with Crippen molar-refractivity contribution >= 4 is 39.8 Å². The number of aryl methyl sites for hydroxylation is 1. The summed E-state index contributed by atoms with van der Waals surface area (Å²) in [6, 6.07) is 8.26. The lowest BCUT2D eigenvalue weighted by atomic mass is 9.90. The van der Waals surface area contributed by atoms with Crippen molar-refractivity contribution in [2.75, 3.05) is 0 Å². The Morgan fingerprint density at radius 3 is 2.59 bits per heavy atom. The molecule has 1 saturated carbocycles. The van der Waals surface area contributed by atoms with E-state index in [0.29, 0.717) is 11.1 Å². The van der Waals surface area contributed by atoms with Crippen molar-refractivity contribution in [3.05, 3.63) is 58.7 Å². The van der Waals surface area contributed by atoms with Crippen molar-refractivity contribution in [1.82, 2.24) is 9.58 Å². The smallest absolute Gasteiger partial charge is 0.283 e. The zero-order valence-corrected chi connectivity index (χ0v) is 18.9. The Labute approximate surface area is 190 Å². The number of carbonyl (C=O) groups is 1. The molecule has 3 aliphatic rings. The SMILES string of the molecule is Cc1cc(/C=C2\C(=N)N3N=C(C4CCCCC4)SC3=NC2=O)c(C)n1-c1ccc(F)cc1. The van der Waals surface area contributed by atoms with Crippen LogP contribution in [0.2, 0.25) is 0 Å². The molecule has 2 aromatic rings. The highest BCUT2D eigenvalue weighted by molar-refractivity contribution is 8.27. The first-order valence-corrected chi connectivity index (χ1v) is 11.7. The molecule has 1 amide bonds. The number of rotatable bonds is 3. The molecule has 1 aliphatic carbocycles. The number of nitrogens with zero attached hydrogens (tertiary/aromatic N) is 4. The molecule has 3 heterocycles. The minimum atomic E-state index is -0.416. The summed E-state index contributed by atoms with van der Waals surface area (Å²) < 4.78 is 15.4. The van der Waals surface area contributed by atoms with E-state index in [4.69, 9.17) is 5.41 Å². The van der Waals surface area contributed by atoms with Crippen molar-refractivity contribution < 1.29 is 9.18 Å². The number of hydrogen-bond acceptors (Lipinski definition) is 4. The molecular formula is C24H24FN5OS. The Morgan fingerprint density at radius 1 is 1.16 bits per heavy atom. The number of aromatic nitrogens is 1. The maximum absolute atomic E-state index is 13.3. The summed E-state index contributed by atoms with van der Waals surface area (Å²) in [5, 5.41) is 16.3. The second kappa shape index (κ2) is 8.16. The number of aliphatic imine (C=N–C) groups is 1. The van der Waals surface area contributed by atoms with E-state index in [0.717, 1.165) is 40.5 Å². The molecule has 0 radical (unpaired) electrons. The first kappa shape index (κ1) is 20.9. The van der Waals surface area contributed by atoms with Crippen molar-refractivity contribution in [2.45, 2.75) is 46.0 Å². The largest absolute Gasteiger partial charge is 0.318 e. The molecule has 1 aromatic heterocycles. The summed E-state index contributed by atoms with van der Waals surface area (Å²) in [6.07, 6.45) is 7.57. The van der Waals surface area contributed by atoms with E-state index in [1.54, 1.807) is 18.2 Å². The van der Waals surface area contributed by atoms with Gasteiger partial charge in [0.25, 0.3) is 5.91 Å². The molecule has 0 atom stereocenters. The van der Waals surface area contributed by atoms with Gasteiger partial charge in [0.2, 0.25) is 5.17 Å². The summed E-state index contributed by atoms with van der Waals surface area (Å²) >= 11 is 1.43. The van der Waals surface area contributed by atoms with Gasteiger partial charge in [0, 0.05) is 23.0 Å². The van der Waals surface area contributed by atoms with Crippen LogP contribution in [0.25, 0.3) is 11.8 Å². The normalized spacial score (nSPS) is 20.6. The molecule has 5 rings (SSSR count). The fraction of sp³-hybridized carbons (Fsp3) is 0.333. The summed E-state index contributed by atoms with van der Waals surface area (Å²) in [4.78, 5) is 17.0. The molecule has 0 spiro atoms. The number of hydrogen-bond donors (Lipinski definition) is 1. The minimum absolute atomic E-state index is 0.0601. The van der Waals surface area contributed by atoms with Crippen LogP contribution in [0.4, 0.5) is 4.39 Å². The lowest BCUT2D eigenvalue weighted by Crippen LogP contribution is -2.35. The number of amidine groups is 2. The first-order valence-electron chi connectivity index (χ1n) is 10.9. The number of benzene rings is 1. The average molecular weight is 450 g/mol. The molecule has 0 saturated heterocycles. The number of thioether (sulfide) groups is 1. The van der Waals surface area contributed by atoms with Crippen molar-refractivity contribution in [1.29, 1.82) is 5.41 Å². The van der Waals surface area contributed by atoms with Gasteiger partial charge in [0.15, 0.2) is 5.84 Å². The van der Waals surface area contributed by atoms with E-state index in [1.165, 1.54) is 48.2 Å². The number of halogens is 1. The predicted octanol–water partition coefficient (Wildman–Crippen LogP) is 5.43. The van der Waals surface area contributed by atoms with Gasteiger partial charge in [-0.25, -0.2) is 4.39 Å². The quantitative estimate of drug-likeness (QED) is 0.635. The Kier molecular flexibility index (Phi) is 5.33. The van der Waals surface area contributed by atoms with Gasteiger partial charge in [-0.05, 0) is 80.4 Å². The molecule has 32 heavy (non-hydrogen) atoms. The molecule has 8 heteroatoms. The lowest BCUT2D eigenvalue weighted by Gasteiger charge is -2.20. The van der Waals surface area contributed by atoms with E-state index in [1.807, 2.05) is 24.5 Å². The summed E-state index contributed by atoms with van der Waals surface area (Å²) in [5.74, 6) is -0.248. The fourth-order valence-electron chi connectivity index (χ4n) is 4.60. The Bertz CT molecular complexity index is 1200. The van der Waals surface area contributed by atoms with Crippen molar-refractivity contribution in [2.24, 2.45) is 16.0 Å². The van der Waals surface area contributed by atoms with E-state index in [2.05, 4.69) is 10.1 Å². The number of nitrogens with one attached hydrogen (secondary N) is 1. The second-order valence-electron chi connectivity index (χ2n) is 8.43. The van der Waals surface area contributed by atoms with E-state index >= 15 is 0 Å². The van der Waals surface area contributed by atoms with E-state index in [9.17, 15) is 9.18 Å². The van der Waals surface area contributed by atoms with Crippen LogP contribution in [-0.4, -0.2) is 31.5 Å². The third-order valence-electron chi connectivity index (χ3n) is 6.28. The highest BCUT2D eigenvalue weighted by atomic mass is 32.2. The van der Waals surface area contributed by atoms with Gasteiger partial charge in [-0.3, -0.25) is 10.2 Å². The topological polar surface area (TPSA) is 73.8 Å².